The van der Waals surface area contributed by atoms with Gasteiger partial charge in [0.25, 0.3) is 0 Å². The summed E-state index contributed by atoms with van der Waals surface area (Å²) in [4.78, 5) is 10.1. The summed E-state index contributed by atoms with van der Waals surface area (Å²) >= 11 is 0. The second-order valence-corrected chi connectivity index (χ2v) is 4.46. The zero-order chi connectivity index (χ0) is 8.20. The number of carbonyl (C=O) groups excluding carboxylic acids is 1. The zero-order valence-electron chi connectivity index (χ0n) is 5.83. The number of hydrogen-bond donors (Lipinski definition) is 1. The average molecular weight is 165 g/mol. The second-order valence-electron chi connectivity index (χ2n) is 2.20. The molecule has 0 aromatic carbocycles. The van der Waals surface area contributed by atoms with Crippen molar-refractivity contribution in [3.63, 3.8) is 0 Å². The van der Waals surface area contributed by atoms with Gasteiger partial charge in [0.1, 0.15) is 9.84 Å². The van der Waals surface area contributed by atoms with Crippen molar-refractivity contribution in [2.24, 2.45) is 5.73 Å². The molecule has 0 heterocycles. The molecule has 0 aliphatic rings. The van der Waals surface area contributed by atoms with Crippen LogP contribution in [0.25, 0.3) is 0 Å². The summed E-state index contributed by atoms with van der Waals surface area (Å²) in [5, 5.41) is 0. The first-order chi connectivity index (χ1) is 4.42. The maximum absolute atomic E-state index is 10.5. The predicted molar refractivity (Wildman–Crippen MR) is 38.1 cm³/mol. The zero-order valence-corrected chi connectivity index (χ0v) is 6.65. The van der Waals surface area contributed by atoms with Gasteiger partial charge in [0.15, 0.2) is 0 Å². The van der Waals surface area contributed by atoms with Gasteiger partial charge in [0.05, 0.1) is 5.75 Å². The SMILES string of the molecule is CS(=O)(=O)CCCC(N)=O. The fourth-order valence-corrected chi connectivity index (χ4v) is 1.18. The summed E-state index contributed by atoms with van der Waals surface area (Å²) in [6, 6.07) is 0. The number of nitrogens with two attached hydrogens (primary N) is 1. The van der Waals surface area contributed by atoms with E-state index in [4.69, 9.17) is 5.73 Å². The van der Waals surface area contributed by atoms with Gasteiger partial charge in [-0.25, -0.2) is 8.42 Å². The molecule has 0 rings (SSSR count). The van der Waals surface area contributed by atoms with E-state index in [0.717, 1.165) is 6.26 Å². The highest BCUT2D eigenvalue weighted by molar-refractivity contribution is 7.90. The van der Waals surface area contributed by atoms with Crippen LogP contribution in [0.3, 0.4) is 0 Å². The highest BCUT2D eigenvalue weighted by Gasteiger charge is 2.02. The maximum Gasteiger partial charge on any atom is 0.217 e. The standard InChI is InChI=1S/C5H11NO3S/c1-10(8,9)4-2-3-5(6)7/h2-4H2,1H3,(H2,6,7). The van der Waals surface area contributed by atoms with Crippen LogP contribution in [-0.2, 0) is 14.6 Å². The third-order valence-corrected chi connectivity index (χ3v) is 1.97. The Morgan fingerprint density at radius 3 is 2.30 bits per heavy atom. The first-order valence-electron chi connectivity index (χ1n) is 2.88. The summed E-state index contributed by atoms with van der Waals surface area (Å²) < 4.78 is 20.9. The molecule has 0 spiro atoms. The quantitative estimate of drug-likeness (QED) is 0.598. The molecule has 1 amide bonds. The first kappa shape index (κ1) is 9.42. The first-order valence-corrected chi connectivity index (χ1v) is 4.94. The summed E-state index contributed by atoms with van der Waals surface area (Å²) in [5.74, 6) is -0.417. The van der Waals surface area contributed by atoms with Gasteiger partial charge in [-0.1, -0.05) is 0 Å². The van der Waals surface area contributed by atoms with Crippen molar-refractivity contribution >= 4 is 15.7 Å². The predicted octanol–water partition coefficient (Wildman–Crippen LogP) is -0.704. The van der Waals surface area contributed by atoms with Crippen molar-refractivity contribution in [2.75, 3.05) is 12.0 Å². The summed E-state index contributed by atoms with van der Waals surface area (Å²) in [7, 11) is -2.93. The fraction of sp³-hybridized carbons (Fsp3) is 0.800. The fourth-order valence-electron chi connectivity index (χ4n) is 0.509. The highest BCUT2D eigenvalue weighted by atomic mass is 32.2. The Hall–Kier alpha value is -0.580. The van der Waals surface area contributed by atoms with E-state index >= 15 is 0 Å². The Morgan fingerprint density at radius 2 is 2.00 bits per heavy atom. The lowest BCUT2D eigenvalue weighted by atomic mass is 10.3. The van der Waals surface area contributed by atoms with Crippen LogP contribution in [0.1, 0.15) is 12.8 Å². The number of rotatable bonds is 4. The minimum atomic E-state index is -2.93. The van der Waals surface area contributed by atoms with E-state index in [2.05, 4.69) is 0 Å². The van der Waals surface area contributed by atoms with Gasteiger partial charge in [-0.05, 0) is 6.42 Å². The Balaban J connectivity index is 3.49. The average Bonchev–Trinajstić information content (AvgIpc) is 1.59. The molecule has 0 aromatic rings. The summed E-state index contributed by atoms with van der Waals surface area (Å²) in [5.41, 5.74) is 4.79. The molecule has 60 valence electrons. The monoisotopic (exact) mass is 165 g/mol. The molecule has 0 aliphatic carbocycles. The lowest BCUT2D eigenvalue weighted by Crippen LogP contribution is -2.12. The lowest BCUT2D eigenvalue weighted by molar-refractivity contribution is -0.118. The number of amides is 1. The Morgan fingerprint density at radius 1 is 1.50 bits per heavy atom. The Kier molecular flexibility index (Phi) is 3.35. The van der Waals surface area contributed by atoms with Crippen LogP contribution >= 0.6 is 0 Å². The van der Waals surface area contributed by atoms with Crippen LogP contribution < -0.4 is 5.73 Å². The smallest absolute Gasteiger partial charge is 0.217 e. The molecule has 5 heteroatoms. The lowest BCUT2D eigenvalue weighted by Gasteiger charge is -1.93. The molecule has 4 nitrogen and oxygen atoms in total. The van der Waals surface area contributed by atoms with Crippen LogP contribution in [-0.4, -0.2) is 26.3 Å². The number of sulfone groups is 1. The molecular formula is C5H11NO3S. The van der Waals surface area contributed by atoms with Crippen LogP contribution in [0.15, 0.2) is 0 Å². The maximum atomic E-state index is 10.5. The number of carbonyl (C=O) groups is 1. The van der Waals surface area contributed by atoms with Crippen molar-refractivity contribution < 1.29 is 13.2 Å². The third-order valence-electron chi connectivity index (χ3n) is 0.938. The van der Waals surface area contributed by atoms with Gasteiger partial charge < -0.3 is 5.73 Å². The van der Waals surface area contributed by atoms with E-state index < -0.39 is 15.7 Å². The van der Waals surface area contributed by atoms with E-state index in [0.29, 0.717) is 6.42 Å². The van der Waals surface area contributed by atoms with E-state index in [1.165, 1.54) is 0 Å². The molecule has 0 aromatic heterocycles. The van der Waals surface area contributed by atoms with Gasteiger partial charge in [-0.3, -0.25) is 4.79 Å². The molecule has 0 aliphatic heterocycles. The van der Waals surface area contributed by atoms with Gasteiger partial charge in [-0.15, -0.1) is 0 Å². The van der Waals surface area contributed by atoms with Gasteiger partial charge in [0, 0.05) is 12.7 Å². The van der Waals surface area contributed by atoms with Crippen molar-refractivity contribution in [2.45, 2.75) is 12.8 Å². The summed E-state index contributed by atoms with van der Waals surface area (Å²) in [6.07, 6.45) is 1.61. The second kappa shape index (κ2) is 3.55. The third kappa shape index (κ3) is 7.42. The summed E-state index contributed by atoms with van der Waals surface area (Å²) in [6.45, 7) is 0. The van der Waals surface area contributed by atoms with E-state index in [1.54, 1.807) is 0 Å². The van der Waals surface area contributed by atoms with Crippen molar-refractivity contribution in [3.8, 4) is 0 Å². The van der Waals surface area contributed by atoms with Gasteiger partial charge in [0.2, 0.25) is 5.91 Å². The van der Waals surface area contributed by atoms with Crippen LogP contribution in [0, 0.1) is 0 Å². The molecule has 0 radical (unpaired) electrons. The molecule has 0 saturated carbocycles. The van der Waals surface area contributed by atoms with E-state index in [1.807, 2.05) is 0 Å². The molecule has 0 bridgehead atoms. The van der Waals surface area contributed by atoms with E-state index in [9.17, 15) is 13.2 Å². The Labute approximate surface area is 60.3 Å². The van der Waals surface area contributed by atoms with Crippen LogP contribution in [0.4, 0.5) is 0 Å². The molecular weight excluding hydrogens is 154 g/mol. The van der Waals surface area contributed by atoms with Crippen molar-refractivity contribution in [1.82, 2.24) is 0 Å². The molecule has 10 heavy (non-hydrogen) atoms. The van der Waals surface area contributed by atoms with Crippen LogP contribution in [0.2, 0.25) is 0 Å². The normalized spacial score (nSPS) is 11.3. The van der Waals surface area contributed by atoms with Gasteiger partial charge >= 0.3 is 0 Å². The van der Waals surface area contributed by atoms with Gasteiger partial charge in [-0.2, -0.15) is 0 Å². The minimum Gasteiger partial charge on any atom is -0.370 e. The topological polar surface area (TPSA) is 77.2 Å². The molecule has 2 N–H and O–H groups in total. The minimum absolute atomic E-state index is 0.0376. The molecule has 0 unspecified atom stereocenters. The van der Waals surface area contributed by atoms with Crippen molar-refractivity contribution in [1.29, 1.82) is 0 Å². The van der Waals surface area contributed by atoms with Crippen LogP contribution in [0.5, 0.6) is 0 Å². The number of hydrogen-bond acceptors (Lipinski definition) is 3. The van der Waals surface area contributed by atoms with E-state index in [-0.39, 0.29) is 12.2 Å². The highest BCUT2D eigenvalue weighted by Crippen LogP contribution is 1.92. The Bertz CT molecular complexity index is 207. The molecule has 0 fully saturated rings. The number of primary amides is 1. The molecule has 0 atom stereocenters. The largest absolute Gasteiger partial charge is 0.370 e. The molecule has 0 saturated heterocycles. The van der Waals surface area contributed by atoms with Crippen molar-refractivity contribution in [3.05, 3.63) is 0 Å².